The lowest BCUT2D eigenvalue weighted by molar-refractivity contribution is -0.305. The fourth-order valence-electron chi connectivity index (χ4n) is 1.28. The molecule has 16 heavy (non-hydrogen) atoms. The number of rotatable bonds is 5. The molecule has 0 aliphatic carbocycles. The molecule has 1 heterocycles. The molecule has 0 aromatic carbocycles. The quantitative estimate of drug-likeness (QED) is 0.553. The molecular formula is C12H21ClO3. The van der Waals surface area contributed by atoms with E-state index in [4.69, 9.17) is 25.8 Å². The van der Waals surface area contributed by atoms with Gasteiger partial charge in [-0.15, -0.1) is 11.6 Å². The Morgan fingerprint density at radius 3 is 2.38 bits per heavy atom. The fraction of sp³-hybridized carbons (Fsp3) is 0.833. The lowest BCUT2D eigenvalue weighted by Gasteiger charge is -2.41. The Hall–Kier alpha value is -0.0900. The lowest BCUT2D eigenvalue weighted by atomic mass is 9.95. The molecule has 0 amide bonds. The van der Waals surface area contributed by atoms with Gasteiger partial charge in [-0.2, -0.15) is 0 Å². The van der Waals surface area contributed by atoms with Gasteiger partial charge in [-0.05, 0) is 12.5 Å². The Kier molecular flexibility index (Phi) is 4.80. The molecule has 0 N–H and O–H groups in total. The molecule has 94 valence electrons. The average Bonchev–Trinajstić information content (AvgIpc) is 2.23. The van der Waals surface area contributed by atoms with Crippen molar-refractivity contribution < 1.29 is 14.2 Å². The molecule has 4 heteroatoms. The van der Waals surface area contributed by atoms with Crippen LogP contribution in [0.3, 0.4) is 0 Å². The van der Waals surface area contributed by atoms with Crippen molar-refractivity contribution in [2.24, 2.45) is 5.41 Å². The Morgan fingerprint density at radius 1 is 1.31 bits per heavy atom. The zero-order valence-electron chi connectivity index (χ0n) is 10.3. The predicted molar refractivity (Wildman–Crippen MR) is 64.8 cm³/mol. The fourth-order valence-corrected chi connectivity index (χ4v) is 1.36. The maximum Gasteiger partial charge on any atom is 0.188 e. The van der Waals surface area contributed by atoms with Gasteiger partial charge in [0.25, 0.3) is 0 Å². The summed E-state index contributed by atoms with van der Waals surface area (Å²) in [5.74, 6) is -0.215. The van der Waals surface area contributed by atoms with Crippen LogP contribution in [0, 0.1) is 5.41 Å². The summed E-state index contributed by atoms with van der Waals surface area (Å²) >= 11 is 5.60. The molecule has 0 atom stereocenters. The molecule has 1 rings (SSSR count). The van der Waals surface area contributed by atoms with E-state index in [9.17, 15) is 0 Å². The molecule has 0 spiro atoms. The molecule has 0 bridgehead atoms. The van der Waals surface area contributed by atoms with E-state index < -0.39 is 5.79 Å². The van der Waals surface area contributed by atoms with Gasteiger partial charge in [0, 0.05) is 11.3 Å². The van der Waals surface area contributed by atoms with Crippen LogP contribution in [0.1, 0.15) is 20.8 Å². The van der Waals surface area contributed by atoms with Crippen molar-refractivity contribution in [2.75, 3.05) is 32.3 Å². The highest BCUT2D eigenvalue weighted by Gasteiger charge is 2.36. The Bertz CT molecular complexity index is 241. The summed E-state index contributed by atoms with van der Waals surface area (Å²) in [6.07, 6.45) is 0. The number of ether oxygens (including phenoxy) is 3. The minimum atomic E-state index is -0.637. The van der Waals surface area contributed by atoms with Crippen LogP contribution in [-0.4, -0.2) is 38.1 Å². The third-order valence-electron chi connectivity index (χ3n) is 2.40. The van der Waals surface area contributed by atoms with Gasteiger partial charge in [0.05, 0.1) is 19.8 Å². The Morgan fingerprint density at radius 2 is 1.88 bits per heavy atom. The summed E-state index contributed by atoms with van der Waals surface area (Å²) in [7, 11) is 0. The zero-order valence-corrected chi connectivity index (χ0v) is 11.1. The van der Waals surface area contributed by atoms with Crippen molar-refractivity contribution in [3.63, 3.8) is 0 Å². The third-order valence-corrected chi connectivity index (χ3v) is 2.77. The first-order chi connectivity index (χ1) is 7.37. The van der Waals surface area contributed by atoms with E-state index in [-0.39, 0.29) is 5.41 Å². The SMILES string of the molecule is C=C(CCl)COCC1(C)OCC(C)(C)CO1. The van der Waals surface area contributed by atoms with Crippen LogP contribution < -0.4 is 0 Å². The number of halogens is 1. The van der Waals surface area contributed by atoms with E-state index in [1.807, 2.05) is 6.92 Å². The second-order valence-electron chi connectivity index (χ2n) is 5.25. The summed E-state index contributed by atoms with van der Waals surface area (Å²) in [5.41, 5.74) is 0.945. The normalized spacial score (nSPS) is 23.0. The molecule has 0 saturated carbocycles. The van der Waals surface area contributed by atoms with E-state index in [1.165, 1.54) is 0 Å². The number of alkyl halides is 1. The van der Waals surface area contributed by atoms with Gasteiger partial charge in [0.1, 0.15) is 6.61 Å². The summed E-state index contributed by atoms with van der Waals surface area (Å²) in [4.78, 5) is 0. The first-order valence-electron chi connectivity index (χ1n) is 5.45. The first kappa shape index (κ1) is 14.0. The van der Waals surface area contributed by atoms with Crippen LogP contribution in [-0.2, 0) is 14.2 Å². The smallest absolute Gasteiger partial charge is 0.188 e. The van der Waals surface area contributed by atoms with Gasteiger partial charge >= 0.3 is 0 Å². The molecule has 1 aliphatic rings. The van der Waals surface area contributed by atoms with Crippen molar-refractivity contribution >= 4 is 11.6 Å². The molecule has 0 aromatic rings. The van der Waals surface area contributed by atoms with Gasteiger partial charge in [-0.1, -0.05) is 20.4 Å². The van der Waals surface area contributed by atoms with E-state index in [2.05, 4.69) is 20.4 Å². The number of hydrogen-bond donors (Lipinski definition) is 0. The lowest BCUT2D eigenvalue weighted by Crippen LogP contribution is -2.48. The molecule has 1 saturated heterocycles. The first-order valence-corrected chi connectivity index (χ1v) is 5.99. The van der Waals surface area contributed by atoms with Crippen LogP contribution >= 0.6 is 11.6 Å². The molecule has 0 unspecified atom stereocenters. The molecule has 1 aliphatic heterocycles. The highest BCUT2D eigenvalue weighted by molar-refractivity contribution is 6.19. The molecule has 0 aromatic heterocycles. The summed E-state index contributed by atoms with van der Waals surface area (Å²) in [6.45, 7) is 12.1. The Labute approximate surface area is 103 Å². The molecule has 0 radical (unpaired) electrons. The maximum absolute atomic E-state index is 5.69. The number of hydrogen-bond acceptors (Lipinski definition) is 3. The van der Waals surface area contributed by atoms with E-state index >= 15 is 0 Å². The van der Waals surface area contributed by atoms with Crippen molar-refractivity contribution in [2.45, 2.75) is 26.6 Å². The Balaban J connectivity index is 2.29. The van der Waals surface area contributed by atoms with Gasteiger partial charge in [0.15, 0.2) is 5.79 Å². The van der Waals surface area contributed by atoms with Crippen molar-refractivity contribution in [1.82, 2.24) is 0 Å². The zero-order chi connectivity index (χ0) is 12.2. The second kappa shape index (κ2) is 5.50. The van der Waals surface area contributed by atoms with Crippen molar-refractivity contribution in [3.05, 3.63) is 12.2 Å². The summed E-state index contributed by atoms with van der Waals surface area (Å²) in [5, 5.41) is 0. The van der Waals surface area contributed by atoms with Gasteiger partial charge < -0.3 is 14.2 Å². The minimum absolute atomic E-state index is 0.0826. The van der Waals surface area contributed by atoms with E-state index in [0.717, 1.165) is 5.57 Å². The highest BCUT2D eigenvalue weighted by Crippen LogP contribution is 2.29. The average molecular weight is 249 g/mol. The topological polar surface area (TPSA) is 27.7 Å². The van der Waals surface area contributed by atoms with Gasteiger partial charge in [-0.25, -0.2) is 0 Å². The molecule has 1 fully saturated rings. The highest BCUT2D eigenvalue weighted by atomic mass is 35.5. The molecular weight excluding hydrogens is 228 g/mol. The van der Waals surface area contributed by atoms with Crippen LogP contribution in [0.25, 0.3) is 0 Å². The van der Waals surface area contributed by atoms with Crippen LogP contribution in [0.2, 0.25) is 0 Å². The van der Waals surface area contributed by atoms with Crippen LogP contribution in [0.15, 0.2) is 12.2 Å². The summed E-state index contributed by atoms with van der Waals surface area (Å²) in [6, 6.07) is 0. The van der Waals surface area contributed by atoms with Crippen molar-refractivity contribution in [1.29, 1.82) is 0 Å². The minimum Gasteiger partial charge on any atom is -0.371 e. The predicted octanol–water partition coefficient (Wildman–Crippen LogP) is 2.59. The summed E-state index contributed by atoms with van der Waals surface area (Å²) < 4.78 is 16.8. The second-order valence-corrected chi connectivity index (χ2v) is 5.52. The van der Waals surface area contributed by atoms with Gasteiger partial charge in [0.2, 0.25) is 0 Å². The van der Waals surface area contributed by atoms with Crippen LogP contribution in [0.4, 0.5) is 0 Å². The van der Waals surface area contributed by atoms with Crippen LogP contribution in [0.5, 0.6) is 0 Å². The van der Waals surface area contributed by atoms with Gasteiger partial charge in [-0.3, -0.25) is 0 Å². The standard InChI is InChI=1S/C12H21ClO3/c1-10(5-13)6-14-9-12(4)15-7-11(2,3)8-16-12/h1,5-9H2,2-4H3. The van der Waals surface area contributed by atoms with Crippen molar-refractivity contribution in [3.8, 4) is 0 Å². The van der Waals surface area contributed by atoms with E-state index in [0.29, 0.717) is 32.3 Å². The third kappa shape index (κ3) is 4.42. The monoisotopic (exact) mass is 248 g/mol. The largest absolute Gasteiger partial charge is 0.371 e. The maximum atomic E-state index is 5.69. The van der Waals surface area contributed by atoms with E-state index in [1.54, 1.807) is 0 Å². The molecule has 3 nitrogen and oxygen atoms in total.